The van der Waals surface area contributed by atoms with Gasteiger partial charge < -0.3 is 10.8 Å². The molecule has 4 unspecified atom stereocenters. The summed E-state index contributed by atoms with van der Waals surface area (Å²) in [6, 6.07) is 0.288. The Kier molecular flexibility index (Phi) is 2.64. The maximum absolute atomic E-state index is 10.7. The van der Waals surface area contributed by atoms with Gasteiger partial charge in [-0.25, -0.2) is 0 Å². The van der Waals surface area contributed by atoms with Crippen LogP contribution in [0, 0.1) is 17.8 Å². The molecule has 3 N–H and O–H groups in total. The highest BCUT2D eigenvalue weighted by atomic mass is 35.5. The lowest BCUT2D eigenvalue weighted by Gasteiger charge is -2.21. The van der Waals surface area contributed by atoms with Crippen molar-refractivity contribution in [3.05, 3.63) is 0 Å². The van der Waals surface area contributed by atoms with Crippen LogP contribution in [0.5, 0.6) is 0 Å². The van der Waals surface area contributed by atoms with Gasteiger partial charge in [-0.3, -0.25) is 4.79 Å². The zero-order chi connectivity index (χ0) is 8.01. The smallest absolute Gasteiger partial charge is 0.306 e. The van der Waals surface area contributed by atoms with Gasteiger partial charge in [0.25, 0.3) is 0 Å². The van der Waals surface area contributed by atoms with Gasteiger partial charge in [-0.05, 0) is 31.1 Å². The second kappa shape index (κ2) is 3.23. The first-order valence-corrected chi connectivity index (χ1v) is 4.17. The topological polar surface area (TPSA) is 63.3 Å². The SMILES string of the molecule is Cl.NC1CC2CC1CC2C(=O)O. The number of carbonyl (C=O) groups is 1. The monoisotopic (exact) mass is 191 g/mol. The van der Waals surface area contributed by atoms with Gasteiger partial charge in [0.15, 0.2) is 0 Å². The number of hydrogen-bond donors (Lipinski definition) is 2. The van der Waals surface area contributed by atoms with E-state index in [1.54, 1.807) is 0 Å². The zero-order valence-corrected chi connectivity index (χ0v) is 7.59. The lowest BCUT2D eigenvalue weighted by Crippen LogP contribution is -2.32. The van der Waals surface area contributed by atoms with Gasteiger partial charge in [0.1, 0.15) is 0 Å². The summed E-state index contributed by atoms with van der Waals surface area (Å²) in [5.74, 6) is 0.179. The summed E-state index contributed by atoms with van der Waals surface area (Å²) in [4.78, 5) is 10.7. The fourth-order valence-corrected chi connectivity index (χ4v) is 2.62. The third kappa shape index (κ3) is 1.31. The minimum Gasteiger partial charge on any atom is -0.481 e. The van der Waals surface area contributed by atoms with Crippen LogP contribution in [0.2, 0.25) is 0 Å². The first-order valence-electron chi connectivity index (χ1n) is 4.17. The van der Waals surface area contributed by atoms with E-state index in [1.165, 1.54) is 0 Å². The zero-order valence-electron chi connectivity index (χ0n) is 6.77. The molecule has 0 aliphatic heterocycles. The number of halogens is 1. The van der Waals surface area contributed by atoms with Crippen LogP contribution in [-0.2, 0) is 4.79 Å². The Hall–Kier alpha value is -0.280. The first-order chi connectivity index (χ1) is 5.18. The Morgan fingerprint density at radius 1 is 1.25 bits per heavy atom. The quantitative estimate of drug-likeness (QED) is 0.647. The van der Waals surface area contributed by atoms with Crippen LogP contribution in [0.15, 0.2) is 0 Å². The molecule has 2 saturated carbocycles. The molecule has 0 radical (unpaired) electrons. The molecule has 0 aromatic rings. The van der Waals surface area contributed by atoms with Crippen molar-refractivity contribution in [2.75, 3.05) is 0 Å². The molecule has 12 heavy (non-hydrogen) atoms. The van der Waals surface area contributed by atoms with Crippen molar-refractivity contribution >= 4 is 18.4 Å². The number of fused-ring (bicyclic) bond motifs is 2. The Morgan fingerprint density at radius 3 is 2.25 bits per heavy atom. The molecule has 0 saturated heterocycles. The fraction of sp³-hybridized carbons (Fsp3) is 0.875. The van der Waals surface area contributed by atoms with Crippen LogP contribution < -0.4 is 5.73 Å². The molecule has 0 spiro atoms. The van der Waals surface area contributed by atoms with Crippen molar-refractivity contribution in [2.45, 2.75) is 25.3 Å². The van der Waals surface area contributed by atoms with E-state index in [0.29, 0.717) is 11.8 Å². The van der Waals surface area contributed by atoms with E-state index in [-0.39, 0.29) is 24.4 Å². The highest BCUT2D eigenvalue weighted by Gasteiger charge is 2.47. The second-order valence-electron chi connectivity index (χ2n) is 3.84. The normalized spacial score (nSPS) is 44.1. The van der Waals surface area contributed by atoms with Gasteiger partial charge in [-0.1, -0.05) is 0 Å². The summed E-state index contributed by atoms with van der Waals surface area (Å²) in [5, 5.41) is 8.78. The molecule has 70 valence electrons. The Morgan fingerprint density at radius 2 is 1.92 bits per heavy atom. The predicted molar refractivity (Wildman–Crippen MR) is 47.2 cm³/mol. The summed E-state index contributed by atoms with van der Waals surface area (Å²) < 4.78 is 0. The number of carboxylic acids is 1. The molecule has 0 heterocycles. The third-order valence-corrected chi connectivity index (χ3v) is 3.23. The average molecular weight is 192 g/mol. The van der Waals surface area contributed by atoms with E-state index < -0.39 is 5.97 Å². The standard InChI is InChI=1S/C8H13NO2.ClH/c9-7-3-4-1-5(7)2-6(4)8(10)11;/h4-7H,1-3,9H2,(H,10,11);1H. The van der Waals surface area contributed by atoms with Crippen molar-refractivity contribution in [2.24, 2.45) is 23.5 Å². The molecule has 4 atom stereocenters. The van der Waals surface area contributed by atoms with Gasteiger partial charge >= 0.3 is 5.97 Å². The van der Waals surface area contributed by atoms with Crippen molar-refractivity contribution in [3.63, 3.8) is 0 Å². The van der Waals surface area contributed by atoms with Crippen molar-refractivity contribution in [1.29, 1.82) is 0 Å². The predicted octanol–water partition coefficient (Wildman–Crippen LogP) is 0.866. The van der Waals surface area contributed by atoms with Gasteiger partial charge in [0.2, 0.25) is 0 Å². The Bertz CT molecular complexity index is 195. The fourth-order valence-electron chi connectivity index (χ4n) is 2.62. The lowest BCUT2D eigenvalue weighted by molar-refractivity contribution is -0.143. The van der Waals surface area contributed by atoms with E-state index in [0.717, 1.165) is 19.3 Å². The van der Waals surface area contributed by atoms with E-state index in [9.17, 15) is 4.79 Å². The molecule has 2 fully saturated rings. The van der Waals surface area contributed by atoms with Crippen LogP contribution in [0.1, 0.15) is 19.3 Å². The Labute approximate surface area is 77.7 Å². The van der Waals surface area contributed by atoms with Crippen LogP contribution in [-0.4, -0.2) is 17.1 Å². The number of aliphatic carboxylic acids is 1. The van der Waals surface area contributed by atoms with Crippen molar-refractivity contribution in [1.82, 2.24) is 0 Å². The van der Waals surface area contributed by atoms with Gasteiger partial charge in [0.05, 0.1) is 5.92 Å². The highest BCUT2D eigenvalue weighted by Crippen LogP contribution is 2.47. The second-order valence-corrected chi connectivity index (χ2v) is 3.84. The molecule has 4 heteroatoms. The number of hydrogen-bond acceptors (Lipinski definition) is 2. The molecule has 2 aliphatic carbocycles. The Balaban J connectivity index is 0.000000720. The van der Waals surface area contributed by atoms with Crippen molar-refractivity contribution in [3.8, 4) is 0 Å². The molecule has 2 aliphatic rings. The lowest BCUT2D eigenvalue weighted by atomic mass is 9.86. The molecule has 0 aromatic carbocycles. The van der Waals surface area contributed by atoms with E-state index >= 15 is 0 Å². The number of carboxylic acid groups (broad SMARTS) is 1. The molecule has 2 rings (SSSR count). The van der Waals surface area contributed by atoms with Crippen LogP contribution >= 0.6 is 12.4 Å². The summed E-state index contributed by atoms with van der Waals surface area (Å²) in [6.45, 7) is 0. The van der Waals surface area contributed by atoms with Gasteiger partial charge in [-0.2, -0.15) is 0 Å². The highest BCUT2D eigenvalue weighted by molar-refractivity contribution is 5.85. The molecule has 3 nitrogen and oxygen atoms in total. The molecule has 2 bridgehead atoms. The average Bonchev–Trinajstić information content (AvgIpc) is 2.43. The third-order valence-electron chi connectivity index (χ3n) is 3.23. The maximum atomic E-state index is 10.7. The summed E-state index contributed by atoms with van der Waals surface area (Å²) in [6.07, 6.45) is 2.81. The molecule has 0 aromatic heterocycles. The van der Waals surface area contributed by atoms with E-state index in [1.807, 2.05) is 0 Å². The molecular formula is C8H14ClNO2. The van der Waals surface area contributed by atoms with Gasteiger partial charge in [-0.15, -0.1) is 12.4 Å². The van der Waals surface area contributed by atoms with Crippen LogP contribution in [0.25, 0.3) is 0 Å². The number of rotatable bonds is 1. The van der Waals surface area contributed by atoms with Crippen LogP contribution in [0.4, 0.5) is 0 Å². The van der Waals surface area contributed by atoms with Crippen LogP contribution in [0.3, 0.4) is 0 Å². The first kappa shape index (κ1) is 9.81. The minimum absolute atomic E-state index is 0. The molecular weight excluding hydrogens is 178 g/mol. The largest absolute Gasteiger partial charge is 0.481 e. The van der Waals surface area contributed by atoms with E-state index in [2.05, 4.69) is 0 Å². The summed E-state index contributed by atoms with van der Waals surface area (Å²) in [5.41, 5.74) is 5.79. The van der Waals surface area contributed by atoms with Crippen molar-refractivity contribution < 1.29 is 9.90 Å². The van der Waals surface area contributed by atoms with E-state index in [4.69, 9.17) is 10.8 Å². The maximum Gasteiger partial charge on any atom is 0.306 e. The number of nitrogens with two attached hydrogens (primary N) is 1. The molecule has 0 amide bonds. The minimum atomic E-state index is -0.621. The summed E-state index contributed by atoms with van der Waals surface area (Å²) >= 11 is 0. The van der Waals surface area contributed by atoms with Gasteiger partial charge in [0, 0.05) is 6.04 Å². The summed E-state index contributed by atoms with van der Waals surface area (Å²) in [7, 11) is 0.